The summed E-state index contributed by atoms with van der Waals surface area (Å²) in [6.07, 6.45) is 0. The Morgan fingerprint density at radius 2 is 2.15 bits per heavy atom. The van der Waals surface area contributed by atoms with Crippen LogP contribution in [0.5, 0.6) is 0 Å². The maximum Gasteiger partial charge on any atom is 0.243 e. The van der Waals surface area contributed by atoms with Crippen LogP contribution in [0.2, 0.25) is 0 Å². The van der Waals surface area contributed by atoms with Crippen LogP contribution in [0, 0.1) is 0 Å². The second-order valence-corrected chi connectivity index (χ2v) is 5.47. The van der Waals surface area contributed by atoms with Crippen molar-refractivity contribution in [3.63, 3.8) is 0 Å². The van der Waals surface area contributed by atoms with Gasteiger partial charge < -0.3 is 21.5 Å². The molecule has 0 aliphatic carbocycles. The maximum atomic E-state index is 11.9. The van der Waals surface area contributed by atoms with E-state index < -0.39 is 11.3 Å². The van der Waals surface area contributed by atoms with Crippen LogP contribution in [0.15, 0.2) is 18.2 Å². The van der Waals surface area contributed by atoms with E-state index >= 15 is 0 Å². The Bertz CT molecular complexity index is 555. The monoisotopic (exact) mass is 277 g/mol. The zero-order valence-corrected chi connectivity index (χ0v) is 11.6. The van der Waals surface area contributed by atoms with Crippen molar-refractivity contribution in [3.05, 3.63) is 29.3 Å². The summed E-state index contributed by atoms with van der Waals surface area (Å²) in [6, 6.07) is 5.22. The normalized spacial score (nSPS) is 17.4. The third kappa shape index (κ3) is 2.66. The first-order valence-electron chi connectivity index (χ1n) is 6.40. The van der Waals surface area contributed by atoms with E-state index in [9.17, 15) is 9.59 Å². The third-order valence-electron chi connectivity index (χ3n) is 3.50. The minimum atomic E-state index is -0.570. The highest BCUT2D eigenvalue weighted by Gasteiger charge is 2.38. The topological polar surface area (TPSA) is 107 Å². The van der Waals surface area contributed by atoms with Crippen LogP contribution < -0.4 is 16.8 Å². The molecule has 108 valence electrons. The Morgan fingerprint density at radius 3 is 2.80 bits per heavy atom. The van der Waals surface area contributed by atoms with Gasteiger partial charge >= 0.3 is 0 Å². The number of anilines is 1. The number of benzene rings is 1. The fourth-order valence-electron chi connectivity index (χ4n) is 2.20. The van der Waals surface area contributed by atoms with Crippen LogP contribution in [0.1, 0.15) is 31.0 Å². The van der Waals surface area contributed by atoms with E-state index in [4.69, 9.17) is 16.2 Å². The van der Waals surface area contributed by atoms with Crippen molar-refractivity contribution in [2.24, 2.45) is 11.5 Å². The number of amides is 2. The van der Waals surface area contributed by atoms with Crippen LogP contribution >= 0.6 is 0 Å². The molecule has 0 saturated heterocycles. The van der Waals surface area contributed by atoms with Gasteiger partial charge in [-0.3, -0.25) is 9.59 Å². The fraction of sp³-hybridized carbons (Fsp3) is 0.429. The smallest absolute Gasteiger partial charge is 0.243 e. The van der Waals surface area contributed by atoms with Crippen molar-refractivity contribution >= 4 is 17.5 Å². The van der Waals surface area contributed by atoms with E-state index in [0.29, 0.717) is 0 Å². The summed E-state index contributed by atoms with van der Waals surface area (Å²) in [6.45, 7) is 3.79. The lowest BCUT2D eigenvalue weighted by Crippen LogP contribution is -2.27. The number of nitrogens with two attached hydrogens (primary N) is 2. The summed E-state index contributed by atoms with van der Waals surface area (Å²) in [5.41, 5.74) is 13.0. The Balaban J connectivity index is 2.14. The summed E-state index contributed by atoms with van der Waals surface area (Å²) in [5, 5.41) is 2.84. The second kappa shape index (κ2) is 5.22. The first-order valence-corrected chi connectivity index (χ1v) is 6.40. The van der Waals surface area contributed by atoms with Crippen LogP contribution in [0.3, 0.4) is 0 Å². The van der Waals surface area contributed by atoms with Crippen LogP contribution in [-0.2, 0) is 19.7 Å². The summed E-state index contributed by atoms with van der Waals surface area (Å²) in [4.78, 5) is 22.5. The average Bonchev–Trinajstić information content (AvgIpc) is 2.59. The molecule has 1 aliphatic heterocycles. The molecule has 6 heteroatoms. The summed E-state index contributed by atoms with van der Waals surface area (Å²) >= 11 is 0. The number of hydrogen-bond acceptors (Lipinski definition) is 4. The van der Waals surface area contributed by atoms with E-state index in [1.54, 1.807) is 0 Å². The van der Waals surface area contributed by atoms with Gasteiger partial charge in [-0.1, -0.05) is 12.1 Å². The molecule has 0 saturated carbocycles. The van der Waals surface area contributed by atoms with E-state index in [1.165, 1.54) is 0 Å². The lowest BCUT2D eigenvalue weighted by molar-refractivity contribution is -0.122. The van der Waals surface area contributed by atoms with Gasteiger partial charge in [0.15, 0.2) is 0 Å². The van der Waals surface area contributed by atoms with Crippen molar-refractivity contribution in [2.75, 3.05) is 18.5 Å². The van der Waals surface area contributed by atoms with Crippen molar-refractivity contribution in [1.29, 1.82) is 0 Å². The predicted octanol–water partition coefficient (Wildman–Crippen LogP) is 0.418. The van der Waals surface area contributed by atoms with Crippen molar-refractivity contribution in [3.8, 4) is 0 Å². The third-order valence-corrected chi connectivity index (χ3v) is 3.50. The van der Waals surface area contributed by atoms with Gasteiger partial charge in [0.1, 0.15) is 6.61 Å². The Labute approximate surface area is 117 Å². The Morgan fingerprint density at radius 1 is 1.45 bits per heavy atom. The Hall–Kier alpha value is -1.92. The molecule has 5 N–H and O–H groups in total. The molecule has 1 atom stereocenters. The van der Waals surface area contributed by atoms with Crippen LogP contribution in [0.4, 0.5) is 5.69 Å². The average molecular weight is 277 g/mol. The lowest BCUT2D eigenvalue weighted by Gasteiger charge is -2.18. The number of hydrogen-bond donors (Lipinski definition) is 3. The molecule has 20 heavy (non-hydrogen) atoms. The Kier molecular flexibility index (Phi) is 3.78. The number of rotatable bonds is 5. The number of fused-ring (bicyclic) bond motifs is 1. The minimum Gasteiger partial charge on any atom is -0.370 e. The quantitative estimate of drug-likeness (QED) is 0.724. The van der Waals surface area contributed by atoms with Gasteiger partial charge in [0, 0.05) is 5.69 Å². The highest BCUT2D eigenvalue weighted by Crippen LogP contribution is 2.38. The highest BCUT2D eigenvalue weighted by atomic mass is 16.5. The van der Waals surface area contributed by atoms with E-state index in [0.717, 1.165) is 16.8 Å². The number of carbonyl (C=O) groups is 2. The summed E-state index contributed by atoms with van der Waals surface area (Å²) < 4.78 is 5.12. The SMILES string of the molecule is CC1(C)C(=O)Nc2ccc(C(N)COCC(N)=O)cc21. The molecule has 6 nitrogen and oxygen atoms in total. The number of primary amides is 1. The summed E-state index contributed by atoms with van der Waals surface area (Å²) in [5.74, 6) is -0.551. The second-order valence-electron chi connectivity index (χ2n) is 5.47. The molecular formula is C14H19N3O3. The predicted molar refractivity (Wildman–Crippen MR) is 75.0 cm³/mol. The molecule has 1 aromatic carbocycles. The molecule has 0 spiro atoms. The van der Waals surface area contributed by atoms with Crippen LogP contribution in [0.25, 0.3) is 0 Å². The maximum absolute atomic E-state index is 11.9. The van der Waals surface area contributed by atoms with Gasteiger partial charge in [0.2, 0.25) is 11.8 Å². The van der Waals surface area contributed by atoms with Gasteiger partial charge in [-0.05, 0) is 31.0 Å². The van der Waals surface area contributed by atoms with Gasteiger partial charge in [-0.2, -0.15) is 0 Å². The van der Waals surface area contributed by atoms with E-state index in [-0.39, 0.29) is 25.2 Å². The van der Waals surface area contributed by atoms with Crippen molar-refractivity contribution in [2.45, 2.75) is 25.3 Å². The molecule has 1 heterocycles. The molecule has 1 aliphatic rings. The zero-order valence-electron chi connectivity index (χ0n) is 11.6. The van der Waals surface area contributed by atoms with Gasteiger partial charge in [0.25, 0.3) is 0 Å². The van der Waals surface area contributed by atoms with Gasteiger partial charge in [-0.15, -0.1) is 0 Å². The molecule has 0 radical (unpaired) electrons. The van der Waals surface area contributed by atoms with E-state index in [2.05, 4.69) is 5.32 Å². The van der Waals surface area contributed by atoms with Crippen molar-refractivity contribution in [1.82, 2.24) is 0 Å². The van der Waals surface area contributed by atoms with E-state index in [1.807, 2.05) is 32.0 Å². The lowest BCUT2D eigenvalue weighted by atomic mass is 9.85. The molecule has 1 unspecified atom stereocenters. The van der Waals surface area contributed by atoms with Crippen LogP contribution in [-0.4, -0.2) is 25.0 Å². The standard InChI is InChI=1S/C14H19N3O3/c1-14(2)9-5-8(3-4-11(9)17-13(14)19)10(15)6-20-7-12(16)18/h3-5,10H,6-7,15H2,1-2H3,(H2,16,18)(H,17,19). The number of nitrogens with one attached hydrogen (secondary N) is 1. The van der Waals surface area contributed by atoms with Gasteiger partial charge in [0.05, 0.1) is 18.1 Å². The van der Waals surface area contributed by atoms with Crippen molar-refractivity contribution < 1.29 is 14.3 Å². The minimum absolute atomic E-state index is 0.0248. The molecule has 2 amide bonds. The molecule has 0 bridgehead atoms. The fourth-order valence-corrected chi connectivity index (χ4v) is 2.20. The highest BCUT2D eigenvalue weighted by molar-refractivity contribution is 6.05. The summed E-state index contributed by atoms with van der Waals surface area (Å²) in [7, 11) is 0. The molecule has 0 aromatic heterocycles. The number of ether oxygens (including phenoxy) is 1. The number of carbonyl (C=O) groups excluding carboxylic acids is 2. The largest absolute Gasteiger partial charge is 0.370 e. The first kappa shape index (κ1) is 14.5. The molecule has 1 aromatic rings. The molecule has 2 rings (SSSR count). The zero-order chi connectivity index (χ0) is 14.9. The molecular weight excluding hydrogens is 258 g/mol. The van der Waals surface area contributed by atoms with Gasteiger partial charge in [-0.25, -0.2) is 0 Å². The first-order chi connectivity index (χ1) is 9.32. The molecule has 0 fully saturated rings.